The third-order valence-electron chi connectivity index (χ3n) is 4.49. The number of amides is 2. The first-order valence-electron chi connectivity index (χ1n) is 9.59. The van der Waals surface area contributed by atoms with E-state index in [0.29, 0.717) is 33.5 Å². The van der Waals surface area contributed by atoms with Crippen LogP contribution in [0.2, 0.25) is 5.02 Å². The van der Waals surface area contributed by atoms with Crippen LogP contribution in [0.4, 0.5) is 11.4 Å². The highest BCUT2D eigenvalue weighted by atomic mass is 35.5. The molecule has 2 N–H and O–H groups in total. The van der Waals surface area contributed by atoms with Gasteiger partial charge in [0.25, 0.3) is 11.8 Å². The highest BCUT2D eigenvalue weighted by molar-refractivity contribution is 6.30. The molecule has 0 aromatic heterocycles. The molecule has 0 fully saturated rings. The molecule has 0 saturated heterocycles. The van der Waals surface area contributed by atoms with Gasteiger partial charge in [0.05, 0.1) is 12.8 Å². The van der Waals surface area contributed by atoms with E-state index in [2.05, 4.69) is 10.6 Å². The van der Waals surface area contributed by atoms with Gasteiger partial charge in [-0.25, -0.2) is 0 Å². The third kappa shape index (κ3) is 5.77. The van der Waals surface area contributed by atoms with Crippen molar-refractivity contribution in [3.8, 4) is 11.5 Å². The molecule has 0 atom stereocenters. The van der Waals surface area contributed by atoms with Crippen molar-refractivity contribution in [2.75, 3.05) is 17.7 Å². The smallest absolute Gasteiger partial charge is 0.267 e. The van der Waals surface area contributed by atoms with Gasteiger partial charge in [-0.2, -0.15) is 0 Å². The molecule has 31 heavy (non-hydrogen) atoms. The third-order valence-corrected chi connectivity index (χ3v) is 4.75. The molecule has 2 amide bonds. The molecule has 0 aliphatic heterocycles. The number of hydrogen-bond donors (Lipinski definition) is 2. The molecular formula is C24H23ClN2O4. The van der Waals surface area contributed by atoms with Crippen LogP contribution in [-0.4, -0.2) is 24.5 Å². The fourth-order valence-electron chi connectivity index (χ4n) is 2.77. The second-order valence-electron chi connectivity index (χ2n) is 7.25. The van der Waals surface area contributed by atoms with Gasteiger partial charge in [-0.05, 0) is 74.5 Å². The summed E-state index contributed by atoms with van der Waals surface area (Å²) in [4.78, 5) is 25.2. The Balaban J connectivity index is 1.63. The number of hydrogen-bond acceptors (Lipinski definition) is 4. The normalized spacial score (nSPS) is 10.8. The number of nitrogens with one attached hydrogen (secondary N) is 2. The van der Waals surface area contributed by atoms with Crippen LogP contribution in [0.25, 0.3) is 0 Å². The van der Waals surface area contributed by atoms with Gasteiger partial charge in [-0.1, -0.05) is 23.7 Å². The van der Waals surface area contributed by atoms with Crippen LogP contribution in [0.5, 0.6) is 11.5 Å². The number of benzene rings is 3. The Morgan fingerprint density at radius 3 is 2.16 bits per heavy atom. The average Bonchev–Trinajstić information content (AvgIpc) is 2.76. The lowest BCUT2D eigenvalue weighted by Crippen LogP contribution is -2.42. The van der Waals surface area contributed by atoms with Gasteiger partial charge in [-0.3, -0.25) is 9.59 Å². The minimum atomic E-state index is -1.12. The van der Waals surface area contributed by atoms with Crippen LogP contribution in [0.15, 0.2) is 72.8 Å². The largest absolute Gasteiger partial charge is 0.495 e. The molecule has 0 saturated carbocycles. The second-order valence-corrected chi connectivity index (χ2v) is 7.69. The summed E-state index contributed by atoms with van der Waals surface area (Å²) >= 11 is 5.88. The van der Waals surface area contributed by atoms with Crippen molar-refractivity contribution >= 4 is 34.8 Å². The lowest BCUT2D eigenvalue weighted by atomic mass is 10.1. The standard InChI is InChI=1S/C24H23ClN2O4/c1-24(2,31-19-14-10-17(25)11-15-19)23(29)26-18-12-8-16(9-13-18)22(28)27-20-6-4-5-7-21(20)30-3/h4-15H,1-3H3,(H,26,29)(H,27,28). The summed E-state index contributed by atoms with van der Waals surface area (Å²) in [6.45, 7) is 3.35. The van der Waals surface area contributed by atoms with Crippen molar-refractivity contribution < 1.29 is 19.1 Å². The average molecular weight is 439 g/mol. The number of anilines is 2. The molecule has 0 bridgehead atoms. The van der Waals surface area contributed by atoms with Crippen molar-refractivity contribution in [1.29, 1.82) is 0 Å². The van der Waals surface area contributed by atoms with Crippen LogP contribution in [0.3, 0.4) is 0 Å². The Bertz CT molecular complexity index is 1060. The number of ether oxygens (including phenoxy) is 2. The van der Waals surface area contributed by atoms with E-state index in [9.17, 15) is 9.59 Å². The minimum absolute atomic E-state index is 0.284. The fraction of sp³-hybridized carbons (Fsp3) is 0.167. The molecule has 0 aliphatic carbocycles. The molecule has 0 radical (unpaired) electrons. The first kappa shape index (κ1) is 22.2. The van der Waals surface area contributed by atoms with Crippen LogP contribution >= 0.6 is 11.6 Å². The molecule has 6 nitrogen and oxygen atoms in total. The zero-order valence-corrected chi connectivity index (χ0v) is 18.2. The molecule has 3 rings (SSSR count). The Hall–Kier alpha value is -3.51. The molecule has 0 spiro atoms. The number of carbonyl (C=O) groups is 2. The van der Waals surface area contributed by atoms with Gasteiger partial charge in [-0.15, -0.1) is 0 Å². The lowest BCUT2D eigenvalue weighted by Gasteiger charge is -2.25. The van der Waals surface area contributed by atoms with E-state index in [1.165, 1.54) is 0 Å². The summed E-state index contributed by atoms with van der Waals surface area (Å²) in [5.41, 5.74) is 0.453. The van der Waals surface area contributed by atoms with Crippen molar-refractivity contribution in [1.82, 2.24) is 0 Å². The van der Waals surface area contributed by atoms with Crippen molar-refractivity contribution in [3.05, 3.63) is 83.4 Å². The molecule has 3 aromatic carbocycles. The van der Waals surface area contributed by atoms with E-state index < -0.39 is 5.60 Å². The van der Waals surface area contributed by atoms with E-state index in [1.54, 1.807) is 81.6 Å². The SMILES string of the molecule is COc1ccccc1NC(=O)c1ccc(NC(=O)C(C)(C)Oc2ccc(Cl)cc2)cc1. The molecule has 0 aliphatic rings. The monoisotopic (exact) mass is 438 g/mol. The Kier molecular flexibility index (Phi) is 6.82. The number of methoxy groups -OCH3 is 1. The topological polar surface area (TPSA) is 76.7 Å². The maximum Gasteiger partial charge on any atom is 0.267 e. The fourth-order valence-corrected chi connectivity index (χ4v) is 2.90. The molecule has 0 unspecified atom stereocenters. The number of rotatable bonds is 7. The van der Waals surface area contributed by atoms with E-state index in [4.69, 9.17) is 21.1 Å². The van der Waals surface area contributed by atoms with Crippen LogP contribution in [0.1, 0.15) is 24.2 Å². The van der Waals surface area contributed by atoms with Gasteiger partial charge in [0.1, 0.15) is 11.5 Å². The molecule has 7 heteroatoms. The number of halogens is 1. The van der Waals surface area contributed by atoms with Crippen molar-refractivity contribution in [2.24, 2.45) is 0 Å². The van der Waals surface area contributed by atoms with Crippen LogP contribution < -0.4 is 20.1 Å². The molecular weight excluding hydrogens is 416 g/mol. The highest BCUT2D eigenvalue weighted by Crippen LogP contribution is 2.25. The Labute approximate surface area is 186 Å². The maximum absolute atomic E-state index is 12.7. The summed E-state index contributed by atoms with van der Waals surface area (Å²) in [6, 6.07) is 20.5. The van der Waals surface area contributed by atoms with Crippen molar-refractivity contribution in [2.45, 2.75) is 19.4 Å². The highest BCUT2D eigenvalue weighted by Gasteiger charge is 2.30. The van der Waals surface area contributed by atoms with Crippen LogP contribution in [0, 0.1) is 0 Å². The summed E-state index contributed by atoms with van der Waals surface area (Å²) < 4.78 is 11.0. The second kappa shape index (κ2) is 9.53. The summed E-state index contributed by atoms with van der Waals surface area (Å²) in [7, 11) is 1.54. The molecule has 0 heterocycles. The van der Waals surface area contributed by atoms with Gasteiger partial charge >= 0.3 is 0 Å². The predicted octanol–water partition coefficient (Wildman–Crippen LogP) is 5.40. The first-order chi connectivity index (χ1) is 14.8. The number of para-hydroxylation sites is 2. The van der Waals surface area contributed by atoms with Gasteiger partial charge in [0.2, 0.25) is 0 Å². The predicted molar refractivity (Wildman–Crippen MR) is 122 cm³/mol. The first-order valence-corrected chi connectivity index (χ1v) is 9.97. The van der Waals surface area contributed by atoms with E-state index in [-0.39, 0.29) is 11.8 Å². The van der Waals surface area contributed by atoms with Gasteiger partial charge in [0, 0.05) is 16.3 Å². The van der Waals surface area contributed by atoms with Crippen molar-refractivity contribution in [3.63, 3.8) is 0 Å². The molecule has 3 aromatic rings. The quantitative estimate of drug-likeness (QED) is 0.518. The Morgan fingerprint density at radius 1 is 0.871 bits per heavy atom. The Morgan fingerprint density at radius 2 is 1.52 bits per heavy atom. The van der Waals surface area contributed by atoms with Gasteiger partial charge < -0.3 is 20.1 Å². The van der Waals surface area contributed by atoms with E-state index in [0.717, 1.165) is 0 Å². The zero-order valence-electron chi connectivity index (χ0n) is 17.4. The zero-order chi connectivity index (χ0) is 22.4. The van der Waals surface area contributed by atoms with E-state index >= 15 is 0 Å². The summed E-state index contributed by atoms with van der Waals surface area (Å²) in [5, 5.41) is 6.21. The van der Waals surface area contributed by atoms with E-state index in [1.807, 2.05) is 12.1 Å². The number of carbonyl (C=O) groups excluding carboxylic acids is 2. The lowest BCUT2D eigenvalue weighted by molar-refractivity contribution is -0.128. The van der Waals surface area contributed by atoms with Crippen LogP contribution in [-0.2, 0) is 4.79 Å². The van der Waals surface area contributed by atoms with Gasteiger partial charge in [0.15, 0.2) is 5.60 Å². The summed E-state index contributed by atoms with van der Waals surface area (Å²) in [6.07, 6.45) is 0. The maximum atomic E-state index is 12.7. The minimum Gasteiger partial charge on any atom is -0.495 e. The molecule has 160 valence electrons. The summed E-state index contributed by atoms with van der Waals surface area (Å²) in [5.74, 6) is 0.498.